The van der Waals surface area contributed by atoms with Crippen LogP contribution in [0.4, 0.5) is 20.2 Å². The van der Waals surface area contributed by atoms with Gasteiger partial charge in [-0.2, -0.15) is 0 Å². The number of rotatable bonds is 3. The van der Waals surface area contributed by atoms with E-state index in [-0.39, 0.29) is 16.4 Å². The van der Waals surface area contributed by atoms with Crippen molar-refractivity contribution in [3.05, 3.63) is 59.7 Å². The Morgan fingerprint density at radius 1 is 1.05 bits per heavy atom. The smallest absolute Gasteiger partial charge is 0.135 e. The van der Waals surface area contributed by atoms with Gasteiger partial charge in [0.2, 0.25) is 0 Å². The first-order chi connectivity index (χ1) is 8.99. The van der Waals surface area contributed by atoms with Gasteiger partial charge in [-0.3, -0.25) is 0 Å². The third-order valence-corrected chi connectivity index (χ3v) is 3.04. The molecule has 5 heteroatoms. The first-order valence-corrected chi connectivity index (χ1v) is 5.98. The minimum Gasteiger partial charge on any atom is -0.389 e. The van der Waals surface area contributed by atoms with Crippen molar-refractivity contribution in [3.8, 4) is 0 Å². The van der Waals surface area contributed by atoms with E-state index in [1.165, 1.54) is 24.3 Å². The first-order valence-electron chi connectivity index (χ1n) is 5.57. The molecule has 2 aromatic rings. The molecule has 0 aliphatic carbocycles. The van der Waals surface area contributed by atoms with Gasteiger partial charge in [0.15, 0.2) is 0 Å². The summed E-state index contributed by atoms with van der Waals surface area (Å²) in [5, 5.41) is 0. The van der Waals surface area contributed by atoms with E-state index in [9.17, 15) is 8.78 Å². The Balaban J connectivity index is 2.34. The minimum absolute atomic E-state index is 0.0217. The lowest BCUT2D eigenvalue weighted by molar-refractivity contribution is 0.625. The third kappa shape index (κ3) is 2.88. The fourth-order valence-corrected chi connectivity index (χ4v) is 1.89. The molecule has 19 heavy (non-hydrogen) atoms. The molecule has 0 spiro atoms. The molecule has 98 valence electrons. The molecule has 2 N–H and O–H groups in total. The number of benzene rings is 2. The fraction of sp³-hybridized carbons (Fsp3) is 0.0714. The monoisotopic (exact) mass is 278 g/mol. The number of hydrogen-bond acceptors (Lipinski definition) is 2. The molecule has 2 rings (SSSR count). The summed E-state index contributed by atoms with van der Waals surface area (Å²) in [5.74, 6) is -0.786. The Kier molecular flexibility index (Phi) is 3.76. The number of anilines is 2. The molecule has 2 aromatic carbocycles. The quantitative estimate of drug-likeness (QED) is 0.873. The van der Waals surface area contributed by atoms with Crippen molar-refractivity contribution in [2.75, 3.05) is 11.9 Å². The van der Waals surface area contributed by atoms with Crippen molar-refractivity contribution >= 4 is 28.6 Å². The number of hydrogen-bond donors (Lipinski definition) is 1. The van der Waals surface area contributed by atoms with E-state index >= 15 is 0 Å². The summed E-state index contributed by atoms with van der Waals surface area (Å²) in [6.07, 6.45) is 0. The summed E-state index contributed by atoms with van der Waals surface area (Å²) in [6, 6.07) is 10.5. The average molecular weight is 278 g/mol. The van der Waals surface area contributed by atoms with Crippen LogP contribution in [-0.4, -0.2) is 12.0 Å². The topological polar surface area (TPSA) is 29.3 Å². The van der Waals surface area contributed by atoms with E-state index in [2.05, 4.69) is 0 Å². The van der Waals surface area contributed by atoms with Gasteiger partial charge in [0, 0.05) is 24.0 Å². The second-order valence-electron chi connectivity index (χ2n) is 4.06. The lowest BCUT2D eigenvalue weighted by Gasteiger charge is -2.20. The highest BCUT2D eigenvalue weighted by Gasteiger charge is 2.09. The molecule has 0 amide bonds. The summed E-state index contributed by atoms with van der Waals surface area (Å²) >= 11 is 4.75. The number of halogens is 2. The van der Waals surface area contributed by atoms with E-state index in [1.807, 2.05) is 0 Å². The molecule has 0 saturated heterocycles. The van der Waals surface area contributed by atoms with Crippen molar-refractivity contribution in [1.29, 1.82) is 0 Å². The van der Waals surface area contributed by atoms with Crippen LogP contribution in [0.2, 0.25) is 0 Å². The maximum atomic E-state index is 13.8. The normalized spacial score (nSPS) is 10.3. The molecule has 0 atom stereocenters. The number of nitrogens with two attached hydrogens (primary N) is 1. The van der Waals surface area contributed by atoms with Crippen molar-refractivity contribution in [3.63, 3.8) is 0 Å². The van der Waals surface area contributed by atoms with Gasteiger partial charge in [-0.25, -0.2) is 8.78 Å². The molecular formula is C14H12F2N2S. The van der Waals surface area contributed by atoms with Crippen LogP contribution >= 0.6 is 12.2 Å². The summed E-state index contributed by atoms with van der Waals surface area (Å²) in [5.41, 5.74) is 7.00. The maximum Gasteiger partial charge on any atom is 0.135 e. The van der Waals surface area contributed by atoms with Crippen molar-refractivity contribution in [2.45, 2.75) is 0 Å². The molecule has 0 unspecified atom stereocenters. The highest BCUT2D eigenvalue weighted by Crippen LogP contribution is 2.25. The Morgan fingerprint density at radius 3 is 2.16 bits per heavy atom. The van der Waals surface area contributed by atoms with Crippen LogP contribution in [0, 0.1) is 11.6 Å². The van der Waals surface area contributed by atoms with E-state index in [4.69, 9.17) is 18.0 Å². The highest BCUT2D eigenvalue weighted by atomic mass is 32.1. The standard InChI is InChI=1S/C14H12F2N2S/c1-18(10-4-2-9(15)3-5-10)11-6-7-12(14(17)19)13(16)8-11/h2-8H,1H3,(H2,17,19). The predicted molar refractivity (Wildman–Crippen MR) is 76.8 cm³/mol. The molecule has 0 aliphatic rings. The molecule has 0 heterocycles. The van der Waals surface area contributed by atoms with E-state index in [0.29, 0.717) is 5.69 Å². The van der Waals surface area contributed by atoms with Crippen LogP contribution in [0.15, 0.2) is 42.5 Å². The Labute approximate surface area is 115 Å². The first kappa shape index (κ1) is 13.4. The zero-order chi connectivity index (χ0) is 14.0. The van der Waals surface area contributed by atoms with Crippen LogP contribution in [0.25, 0.3) is 0 Å². The molecule has 0 bridgehead atoms. The second-order valence-corrected chi connectivity index (χ2v) is 4.50. The van der Waals surface area contributed by atoms with Gasteiger partial charge in [-0.15, -0.1) is 0 Å². The largest absolute Gasteiger partial charge is 0.389 e. The maximum absolute atomic E-state index is 13.8. The Bertz CT molecular complexity index is 611. The molecular weight excluding hydrogens is 266 g/mol. The lowest BCUT2D eigenvalue weighted by atomic mass is 10.1. The van der Waals surface area contributed by atoms with Gasteiger partial charge in [0.1, 0.15) is 16.6 Å². The summed E-state index contributed by atoms with van der Waals surface area (Å²) < 4.78 is 26.6. The number of thiocarbonyl (C=S) groups is 1. The SMILES string of the molecule is CN(c1ccc(F)cc1)c1ccc(C(N)=S)c(F)c1. The van der Waals surface area contributed by atoms with Crippen molar-refractivity contribution in [1.82, 2.24) is 0 Å². The molecule has 0 radical (unpaired) electrons. The van der Waals surface area contributed by atoms with Crippen LogP contribution in [0.3, 0.4) is 0 Å². The third-order valence-electron chi connectivity index (χ3n) is 2.82. The van der Waals surface area contributed by atoms with Crippen LogP contribution in [-0.2, 0) is 0 Å². The summed E-state index contributed by atoms with van der Waals surface area (Å²) in [4.78, 5) is 1.76. The van der Waals surface area contributed by atoms with Gasteiger partial charge in [0.05, 0.1) is 0 Å². The van der Waals surface area contributed by atoms with Crippen LogP contribution in [0.1, 0.15) is 5.56 Å². The van der Waals surface area contributed by atoms with Crippen molar-refractivity contribution < 1.29 is 8.78 Å². The van der Waals surface area contributed by atoms with E-state index < -0.39 is 5.82 Å². The number of nitrogens with zero attached hydrogens (tertiary/aromatic N) is 1. The highest BCUT2D eigenvalue weighted by molar-refractivity contribution is 7.80. The molecule has 2 nitrogen and oxygen atoms in total. The summed E-state index contributed by atoms with van der Waals surface area (Å²) in [6.45, 7) is 0. The van der Waals surface area contributed by atoms with Crippen molar-refractivity contribution in [2.24, 2.45) is 5.73 Å². The van der Waals surface area contributed by atoms with E-state index in [0.717, 1.165) is 5.69 Å². The average Bonchev–Trinajstić information content (AvgIpc) is 2.38. The zero-order valence-electron chi connectivity index (χ0n) is 10.2. The molecule has 0 saturated carbocycles. The lowest BCUT2D eigenvalue weighted by Crippen LogP contribution is -2.14. The molecule has 0 aromatic heterocycles. The van der Waals surface area contributed by atoms with Gasteiger partial charge < -0.3 is 10.6 Å². The molecule has 0 aliphatic heterocycles. The predicted octanol–water partition coefficient (Wildman–Crippen LogP) is 3.37. The van der Waals surface area contributed by atoms with Gasteiger partial charge in [0.25, 0.3) is 0 Å². The van der Waals surface area contributed by atoms with Gasteiger partial charge >= 0.3 is 0 Å². The van der Waals surface area contributed by atoms with Crippen LogP contribution in [0.5, 0.6) is 0 Å². The van der Waals surface area contributed by atoms with Gasteiger partial charge in [-0.05, 0) is 42.5 Å². The molecule has 0 fully saturated rings. The minimum atomic E-state index is -0.473. The Hall–Kier alpha value is -2.01. The van der Waals surface area contributed by atoms with Crippen LogP contribution < -0.4 is 10.6 Å². The Morgan fingerprint density at radius 2 is 1.63 bits per heavy atom. The second kappa shape index (κ2) is 5.32. The van der Waals surface area contributed by atoms with Gasteiger partial charge in [-0.1, -0.05) is 12.2 Å². The van der Waals surface area contributed by atoms with E-state index in [1.54, 1.807) is 30.1 Å². The zero-order valence-corrected chi connectivity index (χ0v) is 11.0. The summed E-state index contributed by atoms with van der Waals surface area (Å²) in [7, 11) is 1.77. The fourth-order valence-electron chi connectivity index (χ4n) is 1.73.